The van der Waals surface area contributed by atoms with Crippen LogP contribution in [0, 0.1) is 0 Å². The minimum absolute atomic E-state index is 0.105. The van der Waals surface area contributed by atoms with Gasteiger partial charge in [-0.15, -0.1) is 12.6 Å². The zero-order chi connectivity index (χ0) is 11.3. The summed E-state index contributed by atoms with van der Waals surface area (Å²) in [5, 5.41) is 2.79. The predicted octanol–water partition coefficient (Wildman–Crippen LogP) is 1.82. The molecule has 82 valence electrons. The van der Waals surface area contributed by atoms with Crippen LogP contribution in [0.25, 0.3) is 0 Å². The highest BCUT2D eigenvalue weighted by Gasteiger charge is 2.09. The van der Waals surface area contributed by atoms with Crippen LogP contribution < -0.4 is 11.1 Å². The molecule has 0 saturated heterocycles. The van der Waals surface area contributed by atoms with Gasteiger partial charge in [0.2, 0.25) is 0 Å². The highest BCUT2D eigenvalue weighted by atomic mass is 79.9. The summed E-state index contributed by atoms with van der Waals surface area (Å²) >= 11 is 7.51. The van der Waals surface area contributed by atoms with Gasteiger partial charge in [-0.05, 0) is 47.1 Å². The first kappa shape index (κ1) is 12.5. The molecular weight excluding hydrogens is 276 g/mol. The first-order valence-corrected chi connectivity index (χ1v) is 5.86. The predicted molar refractivity (Wildman–Crippen MR) is 67.4 cm³/mol. The number of thiol groups is 1. The number of rotatable bonds is 4. The second kappa shape index (κ2) is 6.15. The minimum atomic E-state index is -0.105. The first-order valence-electron chi connectivity index (χ1n) is 4.62. The van der Waals surface area contributed by atoms with Gasteiger partial charge in [-0.25, -0.2) is 0 Å². The van der Waals surface area contributed by atoms with Gasteiger partial charge in [0.05, 0.1) is 5.56 Å². The molecule has 0 heterocycles. The quantitative estimate of drug-likeness (QED) is 0.585. The Labute approximate surface area is 103 Å². The molecule has 0 aliphatic rings. The number of benzene rings is 1. The van der Waals surface area contributed by atoms with Crippen molar-refractivity contribution in [3.63, 3.8) is 0 Å². The summed E-state index contributed by atoms with van der Waals surface area (Å²) < 4.78 is 0.769. The van der Waals surface area contributed by atoms with E-state index >= 15 is 0 Å². The average Bonchev–Trinajstić information content (AvgIpc) is 2.22. The minimum Gasteiger partial charge on any atom is -0.352 e. The SMILES string of the molecule is NCCCNC(=O)c1cc(S)ccc1Br. The lowest BCUT2D eigenvalue weighted by Crippen LogP contribution is -2.26. The topological polar surface area (TPSA) is 55.1 Å². The van der Waals surface area contributed by atoms with Crippen molar-refractivity contribution in [3.05, 3.63) is 28.2 Å². The lowest BCUT2D eigenvalue weighted by Gasteiger charge is -2.06. The summed E-state index contributed by atoms with van der Waals surface area (Å²) in [6, 6.07) is 5.36. The molecule has 0 spiro atoms. The van der Waals surface area contributed by atoms with Crippen molar-refractivity contribution in [2.24, 2.45) is 5.73 Å². The number of halogens is 1. The molecule has 0 bridgehead atoms. The molecule has 1 aromatic rings. The van der Waals surface area contributed by atoms with Crippen molar-refractivity contribution in [3.8, 4) is 0 Å². The standard InChI is InChI=1S/C10H13BrN2OS/c11-9-3-2-7(15)6-8(9)10(14)13-5-1-4-12/h2-3,6,15H,1,4-5,12H2,(H,13,14). The van der Waals surface area contributed by atoms with E-state index in [9.17, 15) is 4.79 Å². The van der Waals surface area contributed by atoms with Crippen molar-refractivity contribution in [2.45, 2.75) is 11.3 Å². The van der Waals surface area contributed by atoms with Crippen LogP contribution in [-0.4, -0.2) is 19.0 Å². The van der Waals surface area contributed by atoms with Gasteiger partial charge in [-0.3, -0.25) is 4.79 Å². The molecule has 0 saturated carbocycles. The first-order chi connectivity index (χ1) is 7.15. The Morgan fingerprint density at radius 3 is 2.93 bits per heavy atom. The van der Waals surface area contributed by atoms with Gasteiger partial charge in [-0.1, -0.05) is 0 Å². The van der Waals surface area contributed by atoms with Crippen molar-refractivity contribution < 1.29 is 4.79 Å². The summed E-state index contributed by atoms with van der Waals surface area (Å²) in [5.74, 6) is -0.105. The van der Waals surface area contributed by atoms with Gasteiger partial charge in [0.25, 0.3) is 5.91 Å². The molecule has 3 nitrogen and oxygen atoms in total. The van der Waals surface area contributed by atoms with Gasteiger partial charge >= 0.3 is 0 Å². The van der Waals surface area contributed by atoms with Crippen LogP contribution in [0.3, 0.4) is 0 Å². The largest absolute Gasteiger partial charge is 0.352 e. The maximum atomic E-state index is 11.7. The van der Waals surface area contributed by atoms with Crippen LogP contribution in [0.5, 0.6) is 0 Å². The molecule has 5 heteroatoms. The molecular formula is C10H13BrN2OS. The van der Waals surface area contributed by atoms with E-state index in [4.69, 9.17) is 5.73 Å². The Morgan fingerprint density at radius 1 is 1.53 bits per heavy atom. The van der Waals surface area contributed by atoms with E-state index in [-0.39, 0.29) is 5.91 Å². The van der Waals surface area contributed by atoms with E-state index in [1.807, 2.05) is 6.07 Å². The fourth-order valence-electron chi connectivity index (χ4n) is 1.09. The van der Waals surface area contributed by atoms with Crippen molar-refractivity contribution >= 4 is 34.5 Å². The van der Waals surface area contributed by atoms with Gasteiger partial charge in [-0.2, -0.15) is 0 Å². The zero-order valence-electron chi connectivity index (χ0n) is 8.16. The maximum absolute atomic E-state index is 11.7. The molecule has 1 aromatic carbocycles. The van der Waals surface area contributed by atoms with Gasteiger partial charge < -0.3 is 11.1 Å². The summed E-state index contributed by atoms with van der Waals surface area (Å²) in [6.45, 7) is 1.17. The van der Waals surface area contributed by atoms with E-state index in [0.717, 1.165) is 15.8 Å². The molecule has 15 heavy (non-hydrogen) atoms. The van der Waals surface area contributed by atoms with Gasteiger partial charge in [0.1, 0.15) is 0 Å². The second-order valence-corrected chi connectivity index (χ2v) is 4.43. The monoisotopic (exact) mass is 288 g/mol. The Balaban J connectivity index is 2.68. The van der Waals surface area contributed by atoms with E-state index < -0.39 is 0 Å². The highest BCUT2D eigenvalue weighted by molar-refractivity contribution is 9.10. The molecule has 0 unspecified atom stereocenters. The normalized spacial score (nSPS) is 10.1. The lowest BCUT2D eigenvalue weighted by atomic mass is 10.2. The lowest BCUT2D eigenvalue weighted by molar-refractivity contribution is 0.0952. The molecule has 1 amide bonds. The number of amides is 1. The van der Waals surface area contributed by atoms with Gasteiger partial charge in [0.15, 0.2) is 0 Å². The number of hydrogen-bond donors (Lipinski definition) is 3. The van der Waals surface area contributed by atoms with E-state index in [0.29, 0.717) is 18.7 Å². The maximum Gasteiger partial charge on any atom is 0.252 e. The van der Waals surface area contributed by atoms with Crippen molar-refractivity contribution in [2.75, 3.05) is 13.1 Å². The molecule has 0 aliphatic heterocycles. The molecule has 1 rings (SSSR count). The van der Waals surface area contributed by atoms with Crippen LogP contribution in [0.2, 0.25) is 0 Å². The number of carbonyl (C=O) groups excluding carboxylic acids is 1. The average molecular weight is 289 g/mol. The fourth-order valence-corrected chi connectivity index (χ4v) is 1.72. The van der Waals surface area contributed by atoms with Crippen molar-refractivity contribution in [1.82, 2.24) is 5.32 Å². The number of hydrogen-bond acceptors (Lipinski definition) is 3. The Bertz CT molecular complexity index is 357. The third-order valence-electron chi connectivity index (χ3n) is 1.86. The zero-order valence-corrected chi connectivity index (χ0v) is 10.6. The number of nitrogens with two attached hydrogens (primary N) is 1. The second-order valence-electron chi connectivity index (χ2n) is 3.06. The molecule has 0 fully saturated rings. The van der Waals surface area contributed by atoms with Crippen LogP contribution in [-0.2, 0) is 0 Å². The van der Waals surface area contributed by atoms with Crippen LogP contribution in [0.4, 0.5) is 0 Å². The summed E-state index contributed by atoms with van der Waals surface area (Å²) in [4.78, 5) is 12.4. The Morgan fingerprint density at radius 2 is 2.27 bits per heavy atom. The molecule has 3 N–H and O–H groups in total. The summed E-state index contributed by atoms with van der Waals surface area (Å²) in [7, 11) is 0. The number of carbonyl (C=O) groups is 1. The third kappa shape index (κ3) is 3.85. The Hall–Kier alpha value is -0.520. The molecule has 0 atom stereocenters. The van der Waals surface area contributed by atoms with Crippen LogP contribution in [0.15, 0.2) is 27.6 Å². The fraction of sp³-hybridized carbons (Fsp3) is 0.300. The number of nitrogens with one attached hydrogen (secondary N) is 1. The van der Waals surface area contributed by atoms with Gasteiger partial charge in [0, 0.05) is 15.9 Å². The third-order valence-corrected chi connectivity index (χ3v) is 2.83. The van der Waals surface area contributed by atoms with Crippen molar-refractivity contribution in [1.29, 1.82) is 0 Å². The smallest absolute Gasteiger partial charge is 0.252 e. The highest BCUT2D eigenvalue weighted by Crippen LogP contribution is 2.19. The Kier molecular flexibility index (Phi) is 5.14. The summed E-state index contributed by atoms with van der Waals surface area (Å²) in [6.07, 6.45) is 0.782. The molecule has 0 radical (unpaired) electrons. The molecule has 0 aliphatic carbocycles. The van der Waals surface area contributed by atoms with E-state index in [1.165, 1.54) is 0 Å². The van der Waals surface area contributed by atoms with E-state index in [1.54, 1.807) is 12.1 Å². The van der Waals surface area contributed by atoms with Crippen LogP contribution >= 0.6 is 28.6 Å². The summed E-state index contributed by atoms with van der Waals surface area (Å²) in [5.41, 5.74) is 5.93. The van der Waals surface area contributed by atoms with E-state index in [2.05, 4.69) is 33.9 Å². The van der Waals surface area contributed by atoms with Crippen LogP contribution in [0.1, 0.15) is 16.8 Å². The molecule has 0 aromatic heterocycles.